The van der Waals surface area contributed by atoms with Gasteiger partial charge in [-0.25, -0.2) is 4.98 Å². The Hall–Kier alpha value is -0.785. The fraction of sp³-hybridized carbons (Fsp3) is 0.167. The molecule has 0 bridgehead atoms. The van der Waals surface area contributed by atoms with Gasteiger partial charge >= 0.3 is 13.3 Å². The van der Waals surface area contributed by atoms with Crippen LogP contribution in [0.4, 0.5) is 13.2 Å². The second kappa shape index (κ2) is 3.76. The molecule has 14 heavy (non-hydrogen) atoms. The zero-order valence-corrected chi connectivity index (χ0v) is 7.34. The molecular weight excluding hydrogens is 221 g/mol. The smallest absolute Gasteiger partial charge is 0.423 e. The van der Waals surface area contributed by atoms with Crippen molar-refractivity contribution in [2.75, 3.05) is 0 Å². The van der Waals surface area contributed by atoms with E-state index in [2.05, 4.69) is 4.98 Å². The van der Waals surface area contributed by atoms with Crippen LogP contribution >= 0.6 is 11.6 Å². The van der Waals surface area contributed by atoms with E-state index in [4.69, 9.17) is 21.6 Å². The number of hydrogen-bond acceptors (Lipinski definition) is 3. The first-order valence-corrected chi connectivity index (χ1v) is 3.80. The predicted molar refractivity (Wildman–Crippen MR) is 44.1 cm³/mol. The third-order valence-electron chi connectivity index (χ3n) is 1.45. The van der Waals surface area contributed by atoms with E-state index >= 15 is 0 Å². The molecule has 0 aromatic carbocycles. The summed E-state index contributed by atoms with van der Waals surface area (Å²) in [7, 11) is -1.93. The summed E-state index contributed by atoms with van der Waals surface area (Å²) in [6, 6.07) is 1.49. The van der Waals surface area contributed by atoms with Crippen molar-refractivity contribution in [3.63, 3.8) is 0 Å². The second-order valence-corrected chi connectivity index (χ2v) is 2.81. The van der Waals surface area contributed by atoms with E-state index in [-0.39, 0.29) is 5.46 Å². The maximum absolute atomic E-state index is 12.1. The SMILES string of the molecule is OB(O)c1ccc(C(F)(F)F)nc1Cl. The van der Waals surface area contributed by atoms with Crippen LogP contribution in [0.2, 0.25) is 5.15 Å². The van der Waals surface area contributed by atoms with E-state index in [0.717, 1.165) is 6.07 Å². The van der Waals surface area contributed by atoms with Gasteiger partial charge in [-0.05, 0) is 6.07 Å². The van der Waals surface area contributed by atoms with Crippen molar-refractivity contribution in [1.29, 1.82) is 0 Å². The van der Waals surface area contributed by atoms with E-state index in [9.17, 15) is 13.2 Å². The number of nitrogens with zero attached hydrogens (tertiary/aromatic N) is 1. The van der Waals surface area contributed by atoms with Crippen molar-refractivity contribution in [2.24, 2.45) is 0 Å². The van der Waals surface area contributed by atoms with Gasteiger partial charge in [0.15, 0.2) is 0 Å². The maximum Gasteiger partial charge on any atom is 0.491 e. The van der Waals surface area contributed by atoms with Crippen molar-refractivity contribution >= 4 is 24.2 Å². The van der Waals surface area contributed by atoms with Gasteiger partial charge in [0.1, 0.15) is 10.8 Å². The number of rotatable bonds is 1. The van der Waals surface area contributed by atoms with Gasteiger partial charge in [-0.2, -0.15) is 13.2 Å². The Balaban J connectivity index is 3.13. The molecule has 3 nitrogen and oxygen atoms in total. The third kappa shape index (κ3) is 2.37. The molecule has 0 spiro atoms. The van der Waals surface area contributed by atoms with E-state index in [0.29, 0.717) is 6.07 Å². The van der Waals surface area contributed by atoms with Gasteiger partial charge in [0.2, 0.25) is 0 Å². The first kappa shape index (κ1) is 11.3. The minimum absolute atomic E-state index is 0.264. The normalized spacial score (nSPS) is 11.6. The first-order chi connectivity index (χ1) is 6.32. The van der Waals surface area contributed by atoms with E-state index < -0.39 is 24.1 Å². The molecule has 1 rings (SSSR count). The highest BCUT2D eigenvalue weighted by Crippen LogP contribution is 2.27. The fourth-order valence-corrected chi connectivity index (χ4v) is 1.05. The van der Waals surface area contributed by atoms with Gasteiger partial charge in [0.05, 0.1) is 0 Å². The summed E-state index contributed by atoms with van der Waals surface area (Å²) in [5, 5.41) is 16.7. The van der Waals surface area contributed by atoms with Crippen LogP contribution in [0.3, 0.4) is 0 Å². The van der Waals surface area contributed by atoms with Crippen LogP contribution in [0.25, 0.3) is 0 Å². The molecule has 1 aromatic rings. The fourth-order valence-electron chi connectivity index (χ4n) is 0.796. The zero-order chi connectivity index (χ0) is 10.9. The first-order valence-electron chi connectivity index (χ1n) is 3.42. The Kier molecular flexibility index (Phi) is 3.03. The number of pyridine rings is 1. The summed E-state index contributed by atoms with van der Waals surface area (Å²) in [5.74, 6) is 0. The van der Waals surface area contributed by atoms with Crippen molar-refractivity contribution in [1.82, 2.24) is 4.98 Å². The van der Waals surface area contributed by atoms with Crippen LogP contribution in [0.1, 0.15) is 5.69 Å². The molecule has 0 aliphatic carbocycles. The van der Waals surface area contributed by atoms with E-state index in [1.807, 2.05) is 0 Å². The van der Waals surface area contributed by atoms with Crippen LogP contribution in [0, 0.1) is 0 Å². The summed E-state index contributed by atoms with van der Waals surface area (Å²) in [5.41, 5.74) is -1.44. The topological polar surface area (TPSA) is 53.4 Å². The molecule has 1 aromatic heterocycles. The molecule has 0 amide bonds. The van der Waals surface area contributed by atoms with Crippen LogP contribution in [0.15, 0.2) is 12.1 Å². The lowest BCUT2D eigenvalue weighted by atomic mass is 9.81. The Morgan fingerprint density at radius 3 is 2.21 bits per heavy atom. The van der Waals surface area contributed by atoms with Crippen molar-refractivity contribution < 1.29 is 23.2 Å². The molecule has 0 atom stereocenters. The molecule has 0 aliphatic heterocycles. The van der Waals surface area contributed by atoms with Crippen LogP contribution in [0.5, 0.6) is 0 Å². The Bertz CT molecular complexity index is 344. The Morgan fingerprint density at radius 1 is 1.29 bits per heavy atom. The zero-order valence-electron chi connectivity index (χ0n) is 6.59. The summed E-state index contributed by atoms with van der Waals surface area (Å²) < 4.78 is 36.2. The molecule has 0 fully saturated rings. The second-order valence-electron chi connectivity index (χ2n) is 2.45. The number of halogens is 4. The molecule has 0 saturated heterocycles. The molecule has 1 heterocycles. The van der Waals surface area contributed by atoms with Crippen molar-refractivity contribution in [3.8, 4) is 0 Å². The van der Waals surface area contributed by atoms with Crippen molar-refractivity contribution in [3.05, 3.63) is 23.0 Å². The lowest BCUT2D eigenvalue weighted by molar-refractivity contribution is -0.141. The predicted octanol–water partition coefficient (Wildman–Crippen LogP) is 0.434. The quantitative estimate of drug-likeness (QED) is 0.538. The van der Waals surface area contributed by atoms with Gasteiger partial charge in [0.25, 0.3) is 0 Å². The van der Waals surface area contributed by atoms with Crippen LogP contribution in [-0.2, 0) is 6.18 Å². The van der Waals surface area contributed by atoms with Crippen molar-refractivity contribution in [2.45, 2.75) is 6.18 Å². The molecule has 8 heteroatoms. The summed E-state index contributed by atoms with van der Waals surface area (Å²) in [4.78, 5) is 2.99. The van der Waals surface area contributed by atoms with E-state index in [1.165, 1.54) is 0 Å². The van der Waals surface area contributed by atoms with Gasteiger partial charge in [-0.15, -0.1) is 0 Å². The van der Waals surface area contributed by atoms with Gasteiger partial charge in [-0.1, -0.05) is 17.7 Å². The average molecular weight is 225 g/mol. The number of aromatic nitrogens is 1. The third-order valence-corrected chi connectivity index (χ3v) is 1.75. The molecule has 76 valence electrons. The van der Waals surface area contributed by atoms with Crippen LogP contribution < -0.4 is 5.46 Å². The molecule has 0 radical (unpaired) electrons. The summed E-state index contributed by atoms with van der Waals surface area (Å²) >= 11 is 5.30. The highest BCUT2D eigenvalue weighted by atomic mass is 35.5. The lowest BCUT2D eigenvalue weighted by Gasteiger charge is -2.07. The average Bonchev–Trinajstić information content (AvgIpc) is 2.01. The van der Waals surface area contributed by atoms with Gasteiger partial charge in [0, 0.05) is 5.46 Å². The largest absolute Gasteiger partial charge is 0.491 e. The van der Waals surface area contributed by atoms with Gasteiger partial charge < -0.3 is 10.0 Å². The highest BCUT2D eigenvalue weighted by molar-refractivity contribution is 6.62. The molecule has 0 saturated carbocycles. The van der Waals surface area contributed by atoms with Gasteiger partial charge in [-0.3, -0.25) is 0 Å². The molecule has 0 aliphatic rings. The lowest BCUT2D eigenvalue weighted by Crippen LogP contribution is -2.32. The summed E-state index contributed by atoms with van der Waals surface area (Å²) in [6.45, 7) is 0. The maximum atomic E-state index is 12.1. The Morgan fingerprint density at radius 2 is 1.86 bits per heavy atom. The number of hydrogen-bond donors (Lipinski definition) is 2. The molecule has 2 N–H and O–H groups in total. The monoisotopic (exact) mass is 225 g/mol. The number of alkyl halides is 3. The van der Waals surface area contributed by atoms with Crippen LogP contribution in [-0.4, -0.2) is 22.2 Å². The molecule has 0 unspecified atom stereocenters. The molecular formula is C6H4BClF3NO2. The summed E-state index contributed by atoms with van der Waals surface area (Å²) in [6.07, 6.45) is -4.59. The Labute approximate surface area is 82.3 Å². The van der Waals surface area contributed by atoms with E-state index in [1.54, 1.807) is 0 Å². The minimum atomic E-state index is -4.59. The minimum Gasteiger partial charge on any atom is -0.423 e. The standard InChI is InChI=1S/C6H4BClF3NO2/c8-5-3(7(13)14)1-2-4(12-5)6(9,10)11/h1-2,13-14H. The highest BCUT2D eigenvalue weighted by Gasteiger charge is 2.33.